The average Bonchev–Trinajstić information content (AvgIpc) is 3.22. The molecule has 1 aliphatic heterocycles. The van der Waals surface area contributed by atoms with Crippen LogP contribution in [0, 0.1) is 6.92 Å². The smallest absolute Gasteiger partial charge is 0.261 e. The maximum absolute atomic E-state index is 12.5. The molecule has 1 atom stereocenters. The van der Waals surface area contributed by atoms with E-state index in [0.29, 0.717) is 4.88 Å². The molecule has 0 spiro atoms. The SMILES string of the molecule is Cc1ccc([C@H](C[NH+]2CCOCC2)NC(=O)CNC(=O)c2cccs2)cc1. The third-order valence-corrected chi connectivity index (χ3v) is 5.53. The predicted octanol–water partition coefficient (Wildman–Crippen LogP) is 0.559. The first kappa shape index (κ1) is 19.5. The Bertz CT molecular complexity index is 740. The average molecular weight is 389 g/mol. The molecule has 0 saturated carbocycles. The summed E-state index contributed by atoms with van der Waals surface area (Å²) in [4.78, 5) is 26.5. The molecule has 2 aromatic rings. The van der Waals surface area contributed by atoms with Crippen molar-refractivity contribution in [1.82, 2.24) is 10.6 Å². The van der Waals surface area contributed by atoms with Gasteiger partial charge in [-0.25, -0.2) is 0 Å². The van der Waals surface area contributed by atoms with Crippen LogP contribution < -0.4 is 15.5 Å². The normalized spacial score (nSPS) is 15.9. The van der Waals surface area contributed by atoms with E-state index >= 15 is 0 Å². The Morgan fingerprint density at radius 3 is 2.59 bits per heavy atom. The summed E-state index contributed by atoms with van der Waals surface area (Å²) < 4.78 is 5.43. The number of carbonyl (C=O) groups is 2. The van der Waals surface area contributed by atoms with E-state index in [0.717, 1.165) is 38.4 Å². The van der Waals surface area contributed by atoms with Crippen molar-refractivity contribution >= 4 is 23.2 Å². The Morgan fingerprint density at radius 1 is 1.19 bits per heavy atom. The summed E-state index contributed by atoms with van der Waals surface area (Å²) in [6.07, 6.45) is 0. The van der Waals surface area contributed by atoms with Crippen LogP contribution in [-0.4, -0.2) is 51.2 Å². The summed E-state index contributed by atoms with van der Waals surface area (Å²) >= 11 is 1.36. The van der Waals surface area contributed by atoms with Gasteiger partial charge in [-0.05, 0) is 23.9 Å². The van der Waals surface area contributed by atoms with Crippen LogP contribution in [0.15, 0.2) is 41.8 Å². The molecule has 2 amide bonds. The van der Waals surface area contributed by atoms with Gasteiger partial charge < -0.3 is 20.3 Å². The van der Waals surface area contributed by atoms with E-state index in [1.165, 1.54) is 21.8 Å². The van der Waals surface area contributed by atoms with Crippen molar-refractivity contribution in [3.05, 3.63) is 57.8 Å². The summed E-state index contributed by atoms with van der Waals surface area (Å²) in [6.45, 7) is 6.20. The highest BCUT2D eigenvalue weighted by atomic mass is 32.1. The lowest BCUT2D eigenvalue weighted by Gasteiger charge is -2.28. The number of hydrogen-bond donors (Lipinski definition) is 3. The van der Waals surface area contributed by atoms with Gasteiger partial charge in [-0.2, -0.15) is 0 Å². The Hall–Kier alpha value is -2.22. The van der Waals surface area contributed by atoms with E-state index < -0.39 is 0 Å². The van der Waals surface area contributed by atoms with Crippen molar-refractivity contribution in [3.8, 4) is 0 Å². The predicted molar refractivity (Wildman–Crippen MR) is 105 cm³/mol. The van der Waals surface area contributed by atoms with Gasteiger partial charge in [0.25, 0.3) is 5.91 Å². The molecule has 0 aliphatic carbocycles. The first-order valence-electron chi connectivity index (χ1n) is 9.21. The highest BCUT2D eigenvalue weighted by Crippen LogP contribution is 2.13. The minimum atomic E-state index is -0.217. The maximum atomic E-state index is 12.5. The molecule has 3 rings (SSSR count). The number of benzene rings is 1. The van der Waals surface area contributed by atoms with Crippen LogP contribution >= 0.6 is 11.3 Å². The molecule has 1 aliphatic rings. The minimum Gasteiger partial charge on any atom is -0.370 e. The van der Waals surface area contributed by atoms with Crippen LogP contribution in [-0.2, 0) is 9.53 Å². The molecule has 6 nitrogen and oxygen atoms in total. The summed E-state index contributed by atoms with van der Waals surface area (Å²) in [6, 6.07) is 11.7. The van der Waals surface area contributed by atoms with Crippen molar-refractivity contribution in [2.45, 2.75) is 13.0 Å². The number of quaternary nitrogens is 1. The van der Waals surface area contributed by atoms with E-state index in [1.807, 2.05) is 18.4 Å². The molecule has 0 radical (unpaired) electrons. The van der Waals surface area contributed by atoms with Gasteiger partial charge in [0.1, 0.15) is 25.7 Å². The number of thiophene rings is 1. The number of carbonyl (C=O) groups excluding carboxylic acids is 2. The molecule has 27 heavy (non-hydrogen) atoms. The fourth-order valence-corrected chi connectivity index (χ4v) is 3.74. The molecule has 1 fully saturated rings. The second kappa shape index (κ2) is 9.64. The molecule has 3 N–H and O–H groups in total. The monoisotopic (exact) mass is 388 g/mol. The fraction of sp³-hybridized carbons (Fsp3) is 0.400. The fourth-order valence-electron chi connectivity index (χ4n) is 3.10. The molecule has 144 valence electrons. The molecule has 1 aromatic heterocycles. The first-order valence-corrected chi connectivity index (χ1v) is 10.1. The quantitative estimate of drug-likeness (QED) is 0.649. The van der Waals surface area contributed by atoms with E-state index in [1.54, 1.807) is 6.07 Å². The lowest BCUT2D eigenvalue weighted by molar-refractivity contribution is -0.909. The molecule has 1 saturated heterocycles. The van der Waals surface area contributed by atoms with Crippen molar-refractivity contribution in [3.63, 3.8) is 0 Å². The standard InChI is InChI=1S/C20H25N3O3S/c1-15-4-6-16(7-5-15)17(14-23-8-10-26-11-9-23)22-19(24)13-21-20(25)18-3-2-12-27-18/h2-7,12,17H,8-11,13-14H2,1H3,(H,21,25)(H,22,24)/p+1/t17-/m0/s1. The Labute approximate surface area is 163 Å². The first-order chi connectivity index (χ1) is 13.1. The van der Waals surface area contributed by atoms with Gasteiger partial charge >= 0.3 is 0 Å². The molecule has 0 unspecified atom stereocenters. The zero-order chi connectivity index (χ0) is 19.1. The van der Waals surface area contributed by atoms with Gasteiger partial charge in [0.05, 0.1) is 24.6 Å². The second-order valence-corrected chi connectivity index (χ2v) is 7.70. The number of rotatable bonds is 7. The van der Waals surface area contributed by atoms with E-state index in [-0.39, 0.29) is 24.4 Å². The molecular formula is C20H26N3O3S+. The zero-order valence-corrected chi connectivity index (χ0v) is 16.3. The van der Waals surface area contributed by atoms with Crippen LogP contribution in [0.5, 0.6) is 0 Å². The van der Waals surface area contributed by atoms with Gasteiger partial charge in [-0.1, -0.05) is 35.9 Å². The topological polar surface area (TPSA) is 71.9 Å². The summed E-state index contributed by atoms with van der Waals surface area (Å²) in [5.74, 6) is -0.399. The lowest BCUT2D eigenvalue weighted by Crippen LogP contribution is -3.14. The van der Waals surface area contributed by atoms with Crippen LogP contribution in [0.1, 0.15) is 26.8 Å². The lowest BCUT2D eigenvalue weighted by atomic mass is 10.0. The zero-order valence-electron chi connectivity index (χ0n) is 15.5. The summed E-state index contributed by atoms with van der Waals surface area (Å²) in [5, 5.41) is 7.62. The van der Waals surface area contributed by atoms with Gasteiger partial charge in [-0.15, -0.1) is 11.3 Å². The molecule has 1 aromatic carbocycles. The Balaban J connectivity index is 1.60. The van der Waals surface area contributed by atoms with Crippen LogP contribution in [0.3, 0.4) is 0 Å². The van der Waals surface area contributed by atoms with E-state index in [4.69, 9.17) is 4.74 Å². The number of hydrogen-bond acceptors (Lipinski definition) is 4. The van der Waals surface area contributed by atoms with Gasteiger partial charge in [0.2, 0.25) is 5.91 Å². The number of ether oxygens (including phenoxy) is 1. The molecular weight excluding hydrogens is 362 g/mol. The number of morpholine rings is 1. The second-order valence-electron chi connectivity index (χ2n) is 6.76. The third-order valence-electron chi connectivity index (χ3n) is 4.66. The van der Waals surface area contributed by atoms with Crippen molar-refractivity contribution in [2.24, 2.45) is 0 Å². The van der Waals surface area contributed by atoms with Crippen molar-refractivity contribution < 1.29 is 19.2 Å². The molecule has 2 heterocycles. The highest BCUT2D eigenvalue weighted by Gasteiger charge is 2.23. The van der Waals surface area contributed by atoms with Crippen molar-refractivity contribution in [2.75, 3.05) is 39.4 Å². The Kier molecular flexibility index (Phi) is 6.98. The van der Waals surface area contributed by atoms with Gasteiger partial charge in [0.15, 0.2) is 0 Å². The Morgan fingerprint density at radius 2 is 1.93 bits per heavy atom. The molecule has 0 bridgehead atoms. The van der Waals surface area contributed by atoms with Crippen LogP contribution in [0.2, 0.25) is 0 Å². The van der Waals surface area contributed by atoms with E-state index in [2.05, 4.69) is 34.9 Å². The number of aryl methyl sites for hydroxylation is 1. The molecule has 7 heteroatoms. The van der Waals surface area contributed by atoms with Gasteiger partial charge in [-0.3, -0.25) is 9.59 Å². The third kappa shape index (κ3) is 5.89. The summed E-state index contributed by atoms with van der Waals surface area (Å²) in [7, 11) is 0. The largest absolute Gasteiger partial charge is 0.370 e. The van der Waals surface area contributed by atoms with Gasteiger partial charge in [0, 0.05) is 0 Å². The summed E-state index contributed by atoms with van der Waals surface area (Å²) in [5.41, 5.74) is 2.27. The maximum Gasteiger partial charge on any atom is 0.261 e. The van der Waals surface area contributed by atoms with E-state index in [9.17, 15) is 9.59 Å². The van der Waals surface area contributed by atoms with Crippen LogP contribution in [0.25, 0.3) is 0 Å². The van der Waals surface area contributed by atoms with Crippen LogP contribution in [0.4, 0.5) is 0 Å². The minimum absolute atomic E-state index is 0.0302. The highest BCUT2D eigenvalue weighted by molar-refractivity contribution is 7.12. The van der Waals surface area contributed by atoms with Crippen molar-refractivity contribution in [1.29, 1.82) is 0 Å². The number of nitrogens with one attached hydrogen (secondary N) is 3. The number of amides is 2.